The van der Waals surface area contributed by atoms with Gasteiger partial charge >= 0.3 is 0 Å². The van der Waals surface area contributed by atoms with Crippen molar-refractivity contribution in [2.24, 2.45) is 5.92 Å². The number of alkyl halides is 1. The Labute approximate surface area is 160 Å². The highest BCUT2D eigenvalue weighted by Crippen LogP contribution is 2.41. The molecule has 0 aromatic heterocycles. The van der Waals surface area contributed by atoms with Gasteiger partial charge in [0.2, 0.25) is 0 Å². The van der Waals surface area contributed by atoms with Crippen molar-refractivity contribution in [3.05, 3.63) is 65.7 Å². The van der Waals surface area contributed by atoms with E-state index in [1.165, 1.54) is 0 Å². The van der Waals surface area contributed by atoms with Crippen LogP contribution in [0.1, 0.15) is 17.5 Å². The normalized spacial score (nSPS) is 22.7. The first-order valence-electron chi connectivity index (χ1n) is 9.32. The summed E-state index contributed by atoms with van der Waals surface area (Å²) in [5.41, 5.74) is 6.30. The molecular formula is C21H28FN3O2. The third-order valence-electron chi connectivity index (χ3n) is 5.08. The van der Waals surface area contributed by atoms with E-state index >= 15 is 4.39 Å². The number of hydrogen-bond acceptors (Lipinski definition) is 5. The smallest absolute Gasteiger partial charge is 0.144 e. The minimum absolute atomic E-state index is 0.296. The van der Waals surface area contributed by atoms with E-state index in [-0.39, 0.29) is 5.92 Å². The Balaban J connectivity index is 1.76. The van der Waals surface area contributed by atoms with Gasteiger partial charge < -0.3 is 9.47 Å². The molecule has 0 radical (unpaired) electrons. The third-order valence-corrected chi connectivity index (χ3v) is 5.08. The molecule has 0 bridgehead atoms. The SMILES string of the molecule is CNN(CC1COCCC1(F)c1cccc(OCc2ccccc2)c1)NC. The fourth-order valence-corrected chi connectivity index (χ4v) is 3.46. The fourth-order valence-electron chi connectivity index (χ4n) is 3.46. The molecule has 5 nitrogen and oxygen atoms in total. The van der Waals surface area contributed by atoms with Crippen LogP contribution < -0.4 is 15.6 Å². The van der Waals surface area contributed by atoms with Crippen LogP contribution in [0.4, 0.5) is 4.39 Å². The van der Waals surface area contributed by atoms with Crippen LogP contribution in [0.2, 0.25) is 0 Å². The number of nitrogens with zero attached hydrogens (tertiary/aromatic N) is 1. The van der Waals surface area contributed by atoms with Crippen LogP contribution in [0, 0.1) is 5.92 Å². The Kier molecular flexibility index (Phi) is 6.79. The average Bonchev–Trinajstić information content (AvgIpc) is 2.73. The zero-order valence-electron chi connectivity index (χ0n) is 16.0. The lowest BCUT2D eigenvalue weighted by atomic mass is 9.79. The van der Waals surface area contributed by atoms with Crippen LogP contribution in [0.25, 0.3) is 0 Å². The van der Waals surface area contributed by atoms with E-state index in [0.29, 0.717) is 44.1 Å². The van der Waals surface area contributed by atoms with E-state index in [4.69, 9.17) is 9.47 Å². The molecule has 27 heavy (non-hydrogen) atoms. The molecule has 1 aliphatic heterocycles. The van der Waals surface area contributed by atoms with Gasteiger partial charge in [-0.15, -0.1) is 0 Å². The molecule has 2 unspecified atom stereocenters. The van der Waals surface area contributed by atoms with Crippen LogP contribution in [0.3, 0.4) is 0 Å². The van der Waals surface area contributed by atoms with Crippen molar-refractivity contribution in [2.75, 3.05) is 33.9 Å². The van der Waals surface area contributed by atoms with Gasteiger partial charge in [-0.1, -0.05) is 42.5 Å². The van der Waals surface area contributed by atoms with Crippen molar-refractivity contribution >= 4 is 0 Å². The van der Waals surface area contributed by atoms with Crippen molar-refractivity contribution in [3.63, 3.8) is 0 Å². The third kappa shape index (κ3) is 4.84. The first-order valence-corrected chi connectivity index (χ1v) is 9.32. The second-order valence-electron chi connectivity index (χ2n) is 6.74. The van der Waals surface area contributed by atoms with E-state index in [1.807, 2.05) is 54.6 Å². The van der Waals surface area contributed by atoms with Gasteiger partial charge in [-0.3, -0.25) is 0 Å². The Morgan fingerprint density at radius 1 is 1.15 bits per heavy atom. The zero-order chi connectivity index (χ0) is 19.1. The molecule has 3 rings (SSSR count). The maximum absolute atomic E-state index is 16.1. The highest BCUT2D eigenvalue weighted by atomic mass is 19.1. The van der Waals surface area contributed by atoms with Crippen molar-refractivity contribution in [1.29, 1.82) is 0 Å². The van der Waals surface area contributed by atoms with Crippen LogP contribution in [0.15, 0.2) is 54.6 Å². The summed E-state index contributed by atoms with van der Waals surface area (Å²) in [6.07, 6.45) is 0.334. The molecule has 2 N–H and O–H groups in total. The molecule has 1 aliphatic rings. The van der Waals surface area contributed by atoms with Gasteiger partial charge in [0, 0.05) is 39.6 Å². The summed E-state index contributed by atoms with van der Waals surface area (Å²) >= 11 is 0. The average molecular weight is 373 g/mol. The Hall–Kier alpha value is -1.99. The molecule has 2 atom stereocenters. The maximum atomic E-state index is 16.1. The summed E-state index contributed by atoms with van der Waals surface area (Å²) in [5, 5.41) is 1.77. The summed E-state index contributed by atoms with van der Waals surface area (Å²) in [6, 6.07) is 17.4. The molecule has 2 aromatic rings. The zero-order valence-corrected chi connectivity index (χ0v) is 16.0. The Bertz CT molecular complexity index is 712. The Morgan fingerprint density at radius 3 is 2.67 bits per heavy atom. The van der Waals surface area contributed by atoms with Gasteiger partial charge in [-0.2, -0.15) is 5.12 Å². The predicted molar refractivity (Wildman–Crippen MR) is 104 cm³/mol. The first-order chi connectivity index (χ1) is 13.2. The van der Waals surface area contributed by atoms with Crippen LogP contribution in [-0.4, -0.2) is 39.0 Å². The monoisotopic (exact) mass is 373 g/mol. The van der Waals surface area contributed by atoms with Crippen LogP contribution in [0.5, 0.6) is 5.75 Å². The number of hydrazine groups is 2. The molecule has 6 heteroatoms. The van der Waals surface area contributed by atoms with E-state index in [1.54, 1.807) is 19.2 Å². The molecule has 2 aromatic carbocycles. The van der Waals surface area contributed by atoms with Crippen LogP contribution in [-0.2, 0) is 17.0 Å². The summed E-state index contributed by atoms with van der Waals surface area (Å²) in [6.45, 7) is 1.74. The highest BCUT2D eigenvalue weighted by Gasteiger charge is 2.44. The maximum Gasteiger partial charge on any atom is 0.144 e. The van der Waals surface area contributed by atoms with Gasteiger partial charge in [0.15, 0.2) is 0 Å². The van der Waals surface area contributed by atoms with Crippen molar-refractivity contribution in [2.45, 2.75) is 18.7 Å². The Morgan fingerprint density at radius 2 is 1.93 bits per heavy atom. The van der Waals surface area contributed by atoms with E-state index in [2.05, 4.69) is 10.9 Å². The van der Waals surface area contributed by atoms with Gasteiger partial charge in [0.25, 0.3) is 0 Å². The summed E-state index contributed by atoms with van der Waals surface area (Å²) in [4.78, 5) is 0. The summed E-state index contributed by atoms with van der Waals surface area (Å²) in [5.74, 6) is 0.383. The lowest BCUT2D eigenvalue weighted by Gasteiger charge is -2.40. The standard InChI is InChI=1S/C21H28FN3O2/c1-23-25(24-2)14-19-16-26-12-11-21(19,22)18-9-6-10-20(13-18)27-15-17-7-4-3-5-8-17/h3-10,13,19,23-24H,11-12,14-16H2,1-2H3. The van der Waals surface area contributed by atoms with E-state index in [0.717, 1.165) is 5.56 Å². The molecular weight excluding hydrogens is 345 g/mol. The minimum atomic E-state index is -1.46. The molecule has 0 aliphatic carbocycles. The van der Waals surface area contributed by atoms with Crippen molar-refractivity contribution in [3.8, 4) is 5.75 Å². The minimum Gasteiger partial charge on any atom is -0.489 e. The largest absolute Gasteiger partial charge is 0.489 e. The number of nitrogens with one attached hydrogen (secondary N) is 2. The number of rotatable bonds is 8. The van der Waals surface area contributed by atoms with E-state index in [9.17, 15) is 0 Å². The molecule has 0 amide bonds. The molecule has 0 saturated carbocycles. The van der Waals surface area contributed by atoms with Gasteiger partial charge in [0.1, 0.15) is 18.0 Å². The highest BCUT2D eigenvalue weighted by molar-refractivity contribution is 5.34. The van der Waals surface area contributed by atoms with Gasteiger partial charge in [-0.05, 0) is 23.3 Å². The van der Waals surface area contributed by atoms with Crippen molar-refractivity contribution in [1.82, 2.24) is 16.0 Å². The lowest BCUT2D eigenvalue weighted by molar-refractivity contribution is -0.0859. The molecule has 0 spiro atoms. The second kappa shape index (κ2) is 9.28. The fraction of sp³-hybridized carbons (Fsp3) is 0.429. The second-order valence-corrected chi connectivity index (χ2v) is 6.74. The van der Waals surface area contributed by atoms with Crippen LogP contribution >= 0.6 is 0 Å². The molecule has 1 fully saturated rings. The lowest BCUT2D eigenvalue weighted by Crippen LogP contribution is -2.52. The predicted octanol–water partition coefficient (Wildman–Crippen LogP) is 3.04. The number of ether oxygens (including phenoxy) is 2. The summed E-state index contributed by atoms with van der Waals surface area (Å²) in [7, 11) is 3.61. The topological polar surface area (TPSA) is 45.8 Å². The van der Waals surface area contributed by atoms with Gasteiger partial charge in [0.05, 0.1) is 6.61 Å². The molecule has 146 valence electrons. The summed E-state index contributed by atoms with van der Waals surface area (Å²) < 4.78 is 27.6. The number of halogens is 1. The van der Waals surface area contributed by atoms with Crippen molar-refractivity contribution < 1.29 is 13.9 Å². The number of hydrogen-bond donors (Lipinski definition) is 2. The molecule has 1 saturated heterocycles. The first kappa shape index (κ1) is 19.8. The number of benzene rings is 2. The quantitative estimate of drug-likeness (QED) is 0.697. The molecule has 1 heterocycles. The van der Waals surface area contributed by atoms with Gasteiger partial charge in [-0.25, -0.2) is 15.2 Å². The van der Waals surface area contributed by atoms with E-state index < -0.39 is 5.67 Å².